The molecule has 8 nitrogen and oxygen atoms in total. The number of carbonyl (C=O) groups excluding carboxylic acids is 2. The first-order valence-electron chi connectivity index (χ1n) is 10.5. The molecule has 4 heterocycles. The van der Waals surface area contributed by atoms with Gasteiger partial charge in [0, 0.05) is 37.3 Å². The zero-order valence-electron chi connectivity index (χ0n) is 17.7. The predicted octanol–water partition coefficient (Wildman–Crippen LogP) is 2.95. The molecule has 1 N–H and O–H groups in total. The van der Waals surface area contributed by atoms with E-state index in [1.165, 1.54) is 5.56 Å². The number of aromatic nitrogens is 3. The molecule has 0 radical (unpaired) electrons. The van der Waals surface area contributed by atoms with Crippen molar-refractivity contribution in [3.8, 4) is 0 Å². The van der Waals surface area contributed by atoms with Crippen molar-refractivity contribution in [1.82, 2.24) is 25.0 Å². The molecule has 32 heavy (non-hydrogen) atoms. The van der Waals surface area contributed by atoms with Crippen molar-refractivity contribution in [3.05, 3.63) is 83.1 Å². The molecule has 1 aromatic carbocycles. The highest BCUT2D eigenvalue weighted by atomic mass is 16.3. The quantitative estimate of drug-likeness (QED) is 0.526. The fourth-order valence-corrected chi connectivity index (χ4v) is 4.20. The molecule has 0 saturated heterocycles. The van der Waals surface area contributed by atoms with Crippen molar-refractivity contribution in [2.24, 2.45) is 0 Å². The molecule has 4 aromatic rings. The Morgan fingerprint density at radius 1 is 1.22 bits per heavy atom. The number of aromatic amines is 1. The molecule has 0 bridgehead atoms. The Kier molecular flexibility index (Phi) is 5.18. The van der Waals surface area contributed by atoms with Crippen LogP contribution in [0.1, 0.15) is 32.8 Å². The number of amides is 2. The van der Waals surface area contributed by atoms with E-state index in [0.717, 1.165) is 34.3 Å². The molecular formula is C24H23N5O3. The minimum atomic E-state index is -0.113. The summed E-state index contributed by atoms with van der Waals surface area (Å²) in [6.07, 6.45) is 6.23. The number of fused-ring (bicyclic) bond motifs is 3. The fourth-order valence-electron chi connectivity index (χ4n) is 4.20. The minimum Gasteiger partial charge on any atom is -0.467 e. The molecule has 0 atom stereocenters. The first-order valence-corrected chi connectivity index (χ1v) is 10.5. The molecule has 5 rings (SSSR count). The molecule has 0 unspecified atom stereocenters. The number of nitrogens with one attached hydrogen (secondary N) is 1. The number of hydrogen-bond donors (Lipinski definition) is 1. The second kappa shape index (κ2) is 8.30. The van der Waals surface area contributed by atoms with E-state index in [4.69, 9.17) is 4.42 Å². The monoisotopic (exact) mass is 429 g/mol. The molecular weight excluding hydrogens is 406 g/mol. The van der Waals surface area contributed by atoms with Crippen LogP contribution in [-0.4, -0.2) is 50.4 Å². The first kappa shape index (κ1) is 20.0. The predicted molar refractivity (Wildman–Crippen MR) is 118 cm³/mol. The summed E-state index contributed by atoms with van der Waals surface area (Å²) in [4.78, 5) is 33.7. The van der Waals surface area contributed by atoms with Gasteiger partial charge in [0.05, 0.1) is 25.4 Å². The van der Waals surface area contributed by atoms with Gasteiger partial charge in [-0.05, 0) is 47.4 Å². The van der Waals surface area contributed by atoms with Crippen LogP contribution < -0.4 is 0 Å². The van der Waals surface area contributed by atoms with Crippen LogP contribution in [-0.2, 0) is 30.7 Å². The topological polar surface area (TPSA) is 95.3 Å². The number of rotatable bonds is 5. The molecule has 1 aliphatic heterocycles. The number of pyridine rings is 1. The van der Waals surface area contributed by atoms with Gasteiger partial charge in [-0.25, -0.2) is 4.98 Å². The standard InChI is InChI=1S/C24H23N5O3/c1-28(15-19-6-3-9-32-19)24(31)17-5-2-4-16(10-17)11-22(30)29-8-7-20-18(14-29)12-25-23-21(20)13-26-27-23/h2-6,9-10,12-13H,7-8,11,14-15H2,1H3,(H,25,26,27). The molecule has 0 spiro atoms. The summed E-state index contributed by atoms with van der Waals surface area (Å²) in [6.45, 7) is 1.58. The lowest BCUT2D eigenvalue weighted by molar-refractivity contribution is -0.131. The molecule has 8 heteroatoms. The maximum Gasteiger partial charge on any atom is 0.254 e. The van der Waals surface area contributed by atoms with Gasteiger partial charge in [-0.1, -0.05) is 12.1 Å². The molecule has 162 valence electrons. The second-order valence-electron chi connectivity index (χ2n) is 8.08. The van der Waals surface area contributed by atoms with E-state index < -0.39 is 0 Å². The zero-order valence-corrected chi connectivity index (χ0v) is 17.7. The van der Waals surface area contributed by atoms with Crippen LogP contribution in [0.3, 0.4) is 0 Å². The fraction of sp³-hybridized carbons (Fsp3) is 0.250. The first-order chi connectivity index (χ1) is 15.6. The van der Waals surface area contributed by atoms with Crippen LogP contribution in [0.2, 0.25) is 0 Å². The highest BCUT2D eigenvalue weighted by molar-refractivity contribution is 5.94. The van der Waals surface area contributed by atoms with Crippen LogP contribution in [0, 0.1) is 0 Å². The van der Waals surface area contributed by atoms with Crippen LogP contribution in [0.15, 0.2) is 59.5 Å². The molecule has 0 aliphatic carbocycles. The van der Waals surface area contributed by atoms with Gasteiger partial charge in [-0.3, -0.25) is 14.7 Å². The van der Waals surface area contributed by atoms with E-state index in [1.54, 1.807) is 42.6 Å². The van der Waals surface area contributed by atoms with Crippen LogP contribution >= 0.6 is 0 Å². The third kappa shape index (κ3) is 3.87. The maximum absolute atomic E-state index is 13.0. The summed E-state index contributed by atoms with van der Waals surface area (Å²) in [5.74, 6) is 0.647. The van der Waals surface area contributed by atoms with Crippen molar-refractivity contribution in [3.63, 3.8) is 0 Å². The second-order valence-corrected chi connectivity index (χ2v) is 8.08. The highest BCUT2D eigenvalue weighted by Crippen LogP contribution is 2.25. The number of benzene rings is 1. The summed E-state index contributed by atoms with van der Waals surface area (Å²) in [6, 6.07) is 10.9. The Bertz CT molecular complexity index is 1280. The van der Waals surface area contributed by atoms with Gasteiger partial charge in [0.2, 0.25) is 5.91 Å². The van der Waals surface area contributed by atoms with Crippen molar-refractivity contribution >= 4 is 22.8 Å². The van der Waals surface area contributed by atoms with Crippen LogP contribution in [0.4, 0.5) is 0 Å². The summed E-state index contributed by atoms with van der Waals surface area (Å²) >= 11 is 0. The molecule has 2 amide bonds. The summed E-state index contributed by atoms with van der Waals surface area (Å²) < 4.78 is 5.32. The van der Waals surface area contributed by atoms with Gasteiger partial charge in [0.15, 0.2) is 5.65 Å². The number of H-pyrrole nitrogens is 1. The van der Waals surface area contributed by atoms with Crippen molar-refractivity contribution in [2.45, 2.75) is 25.9 Å². The molecule has 0 saturated carbocycles. The van der Waals surface area contributed by atoms with Gasteiger partial charge in [-0.15, -0.1) is 0 Å². The van der Waals surface area contributed by atoms with E-state index in [-0.39, 0.29) is 18.2 Å². The highest BCUT2D eigenvalue weighted by Gasteiger charge is 2.23. The average Bonchev–Trinajstić information content (AvgIpc) is 3.50. The zero-order chi connectivity index (χ0) is 22.1. The van der Waals surface area contributed by atoms with Crippen LogP contribution in [0.5, 0.6) is 0 Å². The largest absolute Gasteiger partial charge is 0.467 e. The number of furan rings is 1. The van der Waals surface area contributed by atoms with E-state index in [2.05, 4.69) is 15.2 Å². The number of hydrogen-bond acceptors (Lipinski definition) is 5. The van der Waals surface area contributed by atoms with Gasteiger partial charge >= 0.3 is 0 Å². The summed E-state index contributed by atoms with van der Waals surface area (Å²) in [7, 11) is 1.73. The van der Waals surface area contributed by atoms with E-state index in [9.17, 15) is 9.59 Å². The van der Waals surface area contributed by atoms with Crippen molar-refractivity contribution in [2.75, 3.05) is 13.6 Å². The normalized spacial score (nSPS) is 13.2. The Morgan fingerprint density at radius 2 is 2.12 bits per heavy atom. The van der Waals surface area contributed by atoms with Crippen molar-refractivity contribution in [1.29, 1.82) is 0 Å². The Morgan fingerprint density at radius 3 is 2.97 bits per heavy atom. The maximum atomic E-state index is 13.0. The van der Waals surface area contributed by atoms with Crippen LogP contribution in [0.25, 0.3) is 11.0 Å². The minimum absolute atomic E-state index is 0.0384. The van der Waals surface area contributed by atoms with Gasteiger partial charge in [-0.2, -0.15) is 5.10 Å². The number of carbonyl (C=O) groups is 2. The third-order valence-corrected chi connectivity index (χ3v) is 5.88. The smallest absolute Gasteiger partial charge is 0.254 e. The lowest BCUT2D eigenvalue weighted by Gasteiger charge is -2.29. The van der Waals surface area contributed by atoms with E-state index >= 15 is 0 Å². The number of nitrogens with zero attached hydrogens (tertiary/aromatic N) is 4. The Balaban J connectivity index is 1.26. The van der Waals surface area contributed by atoms with E-state index in [0.29, 0.717) is 25.2 Å². The summed E-state index contributed by atoms with van der Waals surface area (Å²) in [5.41, 5.74) is 4.42. The molecule has 0 fully saturated rings. The molecule has 1 aliphatic rings. The average molecular weight is 429 g/mol. The Hall–Kier alpha value is -3.94. The van der Waals surface area contributed by atoms with Gasteiger partial charge in [0.25, 0.3) is 5.91 Å². The lowest BCUT2D eigenvalue weighted by atomic mass is 9.98. The van der Waals surface area contributed by atoms with Gasteiger partial charge in [0.1, 0.15) is 5.76 Å². The summed E-state index contributed by atoms with van der Waals surface area (Å²) in [5, 5.41) is 7.99. The SMILES string of the molecule is CN(Cc1ccco1)C(=O)c1cccc(CC(=O)N2CCc3c(cnc4[nH]ncc34)C2)c1. The third-order valence-electron chi connectivity index (χ3n) is 5.88. The Labute approximate surface area is 184 Å². The van der Waals surface area contributed by atoms with E-state index in [1.807, 2.05) is 29.3 Å². The van der Waals surface area contributed by atoms with Crippen molar-refractivity contribution < 1.29 is 14.0 Å². The lowest BCUT2D eigenvalue weighted by Crippen LogP contribution is -2.37. The molecule has 3 aromatic heterocycles. The van der Waals surface area contributed by atoms with Gasteiger partial charge < -0.3 is 14.2 Å².